The molecule has 0 fully saturated rings. The molecule has 0 aliphatic carbocycles. The van der Waals surface area contributed by atoms with Gasteiger partial charge in [0.2, 0.25) is 0 Å². The lowest BCUT2D eigenvalue weighted by Gasteiger charge is -2.04. The highest BCUT2D eigenvalue weighted by molar-refractivity contribution is 7.19. The van der Waals surface area contributed by atoms with Crippen LogP contribution in [-0.4, -0.2) is 16.5 Å². The zero-order chi connectivity index (χ0) is 17.6. The van der Waals surface area contributed by atoms with Crippen LogP contribution in [-0.2, 0) is 0 Å². The molecule has 0 spiro atoms. The Morgan fingerprint density at radius 2 is 2.00 bits per heavy atom. The van der Waals surface area contributed by atoms with E-state index in [1.54, 1.807) is 6.07 Å². The Balaban J connectivity index is 1.71. The van der Waals surface area contributed by atoms with Crippen molar-refractivity contribution in [3.05, 3.63) is 63.1 Å². The SMILES string of the molecule is CCCCOc1ccc(/C=C/c2nc3cc([N+](=O)[O-])ccc3s2)cc1. The fraction of sp³-hybridized carbons (Fsp3) is 0.211. The van der Waals surface area contributed by atoms with E-state index in [1.807, 2.05) is 36.4 Å². The largest absolute Gasteiger partial charge is 0.494 e. The summed E-state index contributed by atoms with van der Waals surface area (Å²) >= 11 is 1.51. The molecule has 1 heterocycles. The first-order chi connectivity index (χ1) is 12.2. The van der Waals surface area contributed by atoms with Crippen LogP contribution in [0.5, 0.6) is 5.75 Å². The third kappa shape index (κ3) is 4.42. The quantitative estimate of drug-likeness (QED) is 0.317. The van der Waals surface area contributed by atoms with Gasteiger partial charge in [0.25, 0.3) is 5.69 Å². The van der Waals surface area contributed by atoms with E-state index in [4.69, 9.17) is 4.74 Å². The van der Waals surface area contributed by atoms with Crippen LogP contribution in [0.25, 0.3) is 22.4 Å². The van der Waals surface area contributed by atoms with Crippen LogP contribution in [0, 0.1) is 10.1 Å². The van der Waals surface area contributed by atoms with E-state index in [1.165, 1.54) is 23.5 Å². The summed E-state index contributed by atoms with van der Waals surface area (Å²) < 4.78 is 6.58. The van der Waals surface area contributed by atoms with Crippen molar-refractivity contribution >= 4 is 39.4 Å². The molecule has 2 aromatic carbocycles. The van der Waals surface area contributed by atoms with Crippen LogP contribution in [0.15, 0.2) is 42.5 Å². The second kappa shape index (κ2) is 7.90. The number of fused-ring (bicyclic) bond motifs is 1. The molecule has 0 atom stereocenters. The molecule has 6 heteroatoms. The van der Waals surface area contributed by atoms with E-state index >= 15 is 0 Å². The first kappa shape index (κ1) is 17.1. The third-order valence-electron chi connectivity index (χ3n) is 3.66. The van der Waals surface area contributed by atoms with E-state index in [2.05, 4.69) is 11.9 Å². The number of rotatable bonds is 7. The van der Waals surface area contributed by atoms with E-state index < -0.39 is 4.92 Å². The van der Waals surface area contributed by atoms with Gasteiger partial charge in [-0.1, -0.05) is 31.6 Å². The molecule has 0 radical (unpaired) electrons. The molecular weight excluding hydrogens is 336 g/mol. The van der Waals surface area contributed by atoms with Gasteiger partial charge in [0.05, 0.1) is 21.7 Å². The summed E-state index contributed by atoms with van der Waals surface area (Å²) in [6.45, 7) is 2.88. The molecule has 0 saturated heterocycles. The maximum atomic E-state index is 10.8. The number of nitrogens with zero attached hydrogens (tertiary/aromatic N) is 2. The van der Waals surface area contributed by atoms with Gasteiger partial charge in [-0.05, 0) is 36.3 Å². The Morgan fingerprint density at radius 1 is 1.20 bits per heavy atom. The predicted molar refractivity (Wildman–Crippen MR) is 102 cm³/mol. The lowest BCUT2D eigenvalue weighted by atomic mass is 10.2. The van der Waals surface area contributed by atoms with E-state index in [0.717, 1.165) is 40.5 Å². The summed E-state index contributed by atoms with van der Waals surface area (Å²) in [5.74, 6) is 0.873. The van der Waals surface area contributed by atoms with Crippen LogP contribution in [0.1, 0.15) is 30.3 Å². The van der Waals surface area contributed by atoms with Crippen molar-refractivity contribution in [3.63, 3.8) is 0 Å². The van der Waals surface area contributed by atoms with Crippen molar-refractivity contribution in [1.29, 1.82) is 0 Å². The summed E-state index contributed by atoms with van der Waals surface area (Å²) in [5, 5.41) is 11.6. The molecule has 0 saturated carbocycles. The Morgan fingerprint density at radius 3 is 2.72 bits per heavy atom. The second-order valence-electron chi connectivity index (χ2n) is 5.57. The van der Waals surface area contributed by atoms with Crippen LogP contribution in [0.3, 0.4) is 0 Å². The van der Waals surface area contributed by atoms with E-state index in [0.29, 0.717) is 5.52 Å². The third-order valence-corrected chi connectivity index (χ3v) is 4.67. The molecule has 1 aromatic heterocycles. The number of non-ortho nitro benzene ring substituents is 1. The van der Waals surface area contributed by atoms with Crippen LogP contribution in [0.2, 0.25) is 0 Å². The smallest absolute Gasteiger partial charge is 0.271 e. The average Bonchev–Trinajstić information content (AvgIpc) is 3.03. The summed E-state index contributed by atoms with van der Waals surface area (Å²) in [6, 6.07) is 12.7. The molecule has 3 rings (SSSR count). The number of hydrogen-bond acceptors (Lipinski definition) is 5. The first-order valence-corrected chi connectivity index (χ1v) is 8.93. The topological polar surface area (TPSA) is 65.3 Å². The second-order valence-corrected chi connectivity index (χ2v) is 6.63. The van der Waals surface area contributed by atoms with Gasteiger partial charge in [0, 0.05) is 12.1 Å². The highest BCUT2D eigenvalue weighted by Crippen LogP contribution is 2.27. The maximum absolute atomic E-state index is 10.8. The number of hydrogen-bond donors (Lipinski definition) is 0. The molecular formula is C19H18N2O3S. The Kier molecular flexibility index (Phi) is 5.40. The number of aromatic nitrogens is 1. The summed E-state index contributed by atoms with van der Waals surface area (Å²) in [5.41, 5.74) is 1.76. The van der Waals surface area contributed by atoms with Crippen molar-refractivity contribution < 1.29 is 9.66 Å². The molecule has 3 aromatic rings. The zero-order valence-electron chi connectivity index (χ0n) is 13.8. The number of unbranched alkanes of at least 4 members (excludes halogenated alkanes) is 1. The van der Waals surface area contributed by atoms with Gasteiger partial charge in [-0.2, -0.15) is 0 Å². The Hall–Kier alpha value is -2.73. The zero-order valence-corrected chi connectivity index (χ0v) is 14.7. The molecule has 0 N–H and O–H groups in total. The number of benzene rings is 2. The Bertz CT molecular complexity index is 901. The minimum Gasteiger partial charge on any atom is -0.494 e. The van der Waals surface area contributed by atoms with E-state index in [9.17, 15) is 10.1 Å². The predicted octanol–water partition coefficient (Wildman–Crippen LogP) is 5.55. The normalized spacial score (nSPS) is 11.2. The fourth-order valence-electron chi connectivity index (χ4n) is 2.30. The first-order valence-electron chi connectivity index (χ1n) is 8.11. The van der Waals surface area contributed by atoms with Gasteiger partial charge < -0.3 is 4.74 Å². The minimum atomic E-state index is -0.404. The lowest BCUT2D eigenvalue weighted by Crippen LogP contribution is -1.95. The van der Waals surface area contributed by atoms with Crippen LogP contribution < -0.4 is 4.74 Å². The fourth-order valence-corrected chi connectivity index (χ4v) is 3.15. The summed E-state index contributed by atoms with van der Waals surface area (Å²) in [4.78, 5) is 14.9. The summed E-state index contributed by atoms with van der Waals surface area (Å²) in [6.07, 6.45) is 6.06. The Labute approximate surface area is 149 Å². The molecule has 0 unspecified atom stereocenters. The average molecular weight is 354 g/mol. The molecule has 5 nitrogen and oxygen atoms in total. The van der Waals surface area contributed by atoms with Gasteiger partial charge in [0.15, 0.2) is 0 Å². The molecule has 0 aliphatic heterocycles. The van der Waals surface area contributed by atoms with E-state index in [-0.39, 0.29) is 5.69 Å². The number of nitro benzene ring substituents is 1. The molecule has 0 bridgehead atoms. The molecule has 0 aliphatic rings. The highest BCUT2D eigenvalue weighted by atomic mass is 32.1. The lowest BCUT2D eigenvalue weighted by molar-refractivity contribution is -0.384. The molecule has 0 amide bonds. The van der Waals surface area contributed by atoms with Gasteiger partial charge in [-0.3, -0.25) is 10.1 Å². The minimum absolute atomic E-state index is 0.0620. The molecule has 128 valence electrons. The number of nitro groups is 1. The van der Waals surface area contributed by atoms with Gasteiger partial charge >= 0.3 is 0 Å². The van der Waals surface area contributed by atoms with Crippen LogP contribution >= 0.6 is 11.3 Å². The highest BCUT2D eigenvalue weighted by Gasteiger charge is 2.09. The van der Waals surface area contributed by atoms with Gasteiger partial charge in [-0.25, -0.2) is 4.98 Å². The summed E-state index contributed by atoms with van der Waals surface area (Å²) in [7, 11) is 0. The van der Waals surface area contributed by atoms with Crippen molar-refractivity contribution in [2.75, 3.05) is 6.61 Å². The number of ether oxygens (including phenoxy) is 1. The van der Waals surface area contributed by atoms with Crippen molar-refractivity contribution in [3.8, 4) is 5.75 Å². The number of thiazole rings is 1. The molecule has 25 heavy (non-hydrogen) atoms. The monoisotopic (exact) mass is 354 g/mol. The van der Waals surface area contributed by atoms with Crippen molar-refractivity contribution in [2.45, 2.75) is 19.8 Å². The maximum Gasteiger partial charge on any atom is 0.271 e. The van der Waals surface area contributed by atoms with Crippen LogP contribution in [0.4, 0.5) is 5.69 Å². The van der Waals surface area contributed by atoms with Gasteiger partial charge in [0.1, 0.15) is 10.8 Å². The standard InChI is InChI=1S/C19H18N2O3S/c1-2-3-12-24-16-8-4-14(5-9-16)6-11-19-20-17-13-15(21(22)23)7-10-18(17)25-19/h4-11,13H,2-3,12H2,1H3/b11-6+. The van der Waals surface area contributed by atoms with Gasteiger partial charge in [-0.15, -0.1) is 11.3 Å². The van der Waals surface area contributed by atoms with Crippen molar-refractivity contribution in [2.24, 2.45) is 0 Å². The van der Waals surface area contributed by atoms with Crippen molar-refractivity contribution in [1.82, 2.24) is 4.98 Å².